The highest BCUT2D eigenvalue weighted by molar-refractivity contribution is 9.10. The van der Waals surface area contributed by atoms with E-state index in [0.717, 1.165) is 18.2 Å². The minimum Gasteiger partial charge on any atom is -0.383 e. The molecule has 90 valence electrons. The average molecular weight is 302 g/mol. The van der Waals surface area contributed by atoms with Crippen LogP contribution in [0.5, 0.6) is 0 Å². The van der Waals surface area contributed by atoms with Gasteiger partial charge in [0.2, 0.25) is 0 Å². The summed E-state index contributed by atoms with van der Waals surface area (Å²) in [5, 5.41) is 4.02. The van der Waals surface area contributed by atoms with Crippen molar-refractivity contribution < 1.29 is 8.78 Å². The van der Waals surface area contributed by atoms with E-state index in [0.29, 0.717) is 10.3 Å². The van der Waals surface area contributed by atoms with E-state index < -0.39 is 17.7 Å². The van der Waals surface area contributed by atoms with Crippen LogP contribution in [0.4, 0.5) is 14.6 Å². The van der Waals surface area contributed by atoms with E-state index in [1.165, 1.54) is 10.9 Å². The zero-order valence-electron chi connectivity index (χ0n) is 8.99. The van der Waals surface area contributed by atoms with Crippen molar-refractivity contribution in [1.29, 1.82) is 0 Å². The van der Waals surface area contributed by atoms with Crippen molar-refractivity contribution in [3.05, 3.63) is 46.1 Å². The second kappa shape index (κ2) is 4.44. The number of halogens is 3. The van der Waals surface area contributed by atoms with E-state index in [2.05, 4.69) is 21.0 Å². The van der Waals surface area contributed by atoms with Gasteiger partial charge in [-0.2, -0.15) is 5.10 Å². The molecule has 3 nitrogen and oxygen atoms in total. The van der Waals surface area contributed by atoms with Crippen LogP contribution in [-0.4, -0.2) is 9.78 Å². The Morgan fingerprint density at radius 1 is 1.41 bits per heavy atom. The lowest BCUT2D eigenvalue weighted by molar-refractivity contribution is 0.517. The molecule has 1 heterocycles. The molecule has 0 aliphatic carbocycles. The lowest BCUT2D eigenvalue weighted by atomic mass is 10.1. The largest absolute Gasteiger partial charge is 0.383 e. The zero-order valence-corrected chi connectivity index (χ0v) is 10.6. The van der Waals surface area contributed by atoms with Crippen LogP contribution in [0.25, 0.3) is 0 Å². The first-order valence-electron chi connectivity index (χ1n) is 4.94. The molecule has 0 saturated carbocycles. The standard InChI is InChI=1S/C11H10BrF2N3/c1-6(17-11(15)9(12)5-16-17)8-4-7(13)2-3-10(8)14/h2-6H,15H2,1H3. The van der Waals surface area contributed by atoms with Gasteiger partial charge >= 0.3 is 0 Å². The van der Waals surface area contributed by atoms with Gasteiger partial charge in [0.15, 0.2) is 0 Å². The monoisotopic (exact) mass is 301 g/mol. The highest BCUT2D eigenvalue weighted by Gasteiger charge is 2.17. The first-order valence-corrected chi connectivity index (χ1v) is 5.73. The molecule has 0 amide bonds. The second-order valence-corrected chi connectivity index (χ2v) is 4.52. The molecule has 1 aromatic heterocycles. The number of hydrogen-bond donors (Lipinski definition) is 1. The van der Waals surface area contributed by atoms with Gasteiger partial charge in [0.25, 0.3) is 0 Å². The van der Waals surface area contributed by atoms with E-state index in [1.54, 1.807) is 6.92 Å². The smallest absolute Gasteiger partial charge is 0.136 e. The number of aromatic nitrogens is 2. The quantitative estimate of drug-likeness (QED) is 0.926. The molecule has 1 aromatic carbocycles. The molecule has 0 bridgehead atoms. The predicted molar refractivity (Wildman–Crippen MR) is 64.5 cm³/mol. The molecule has 0 aliphatic heterocycles. The SMILES string of the molecule is CC(c1cc(F)ccc1F)n1ncc(Br)c1N. The molecule has 0 spiro atoms. The molecule has 17 heavy (non-hydrogen) atoms. The summed E-state index contributed by atoms with van der Waals surface area (Å²) < 4.78 is 28.7. The summed E-state index contributed by atoms with van der Waals surface area (Å²) >= 11 is 3.21. The molecule has 0 radical (unpaired) electrons. The Morgan fingerprint density at radius 2 is 2.12 bits per heavy atom. The first kappa shape index (κ1) is 12.0. The van der Waals surface area contributed by atoms with Crippen molar-refractivity contribution >= 4 is 21.7 Å². The Bertz CT molecular complexity index is 554. The summed E-state index contributed by atoms with van der Waals surface area (Å²) in [6, 6.07) is 2.84. The lowest BCUT2D eigenvalue weighted by Gasteiger charge is -2.15. The summed E-state index contributed by atoms with van der Waals surface area (Å²) in [5.41, 5.74) is 5.98. The maximum atomic E-state index is 13.6. The summed E-state index contributed by atoms with van der Waals surface area (Å²) in [5.74, 6) is -0.593. The third kappa shape index (κ3) is 2.17. The number of rotatable bonds is 2. The van der Waals surface area contributed by atoms with Crippen molar-refractivity contribution in [3.63, 3.8) is 0 Å². The van der Waals surface area contributed by atoms with E-state index in [-0.39, 0.29) is 5.56 Å². The van der Waals surface area contributed by atoms with Crippen LogP contribution in [0, 0.1) is 11.6 Å². The van der Waals surface area contributed by atoms with E-state index >= 15 is 0 Å². The Morgan fingerprint density at radius 3 is 2.71 bits per heavy atom. The number of nitrogen functional groups attached to an aromatic ring is 1. The number of benzene rings is 1. The van der Waals surface area contributed by atoms with Crippen LogP contribution in [0.1, 0.15) is 18.5 Å². The normalized spacial score (nSPS) is 12.7. The summed E-state index contributed by atoms with van der Waals surface area (Å²) in [4.78, 5) is 0. The highest BCUT2D eigenvalue weighted by Crippen LogP contribution is 2.27. The zero-order chi connectivity index (χ0) is 12.6. The molecule has 6 heteroatoms. The van der Waals surface area contributed by atoms with E-state index in [1.807, 2.05) is 0 Å². The van der Waals surface area contributed by atoms with E-state index in [4.69, 9.17) is 5.73 Å². The Kier molecular flexibility index (Phi) is 3.15. The van der Waals surface area contributed by atoms with Gasteiger partial charge in [-0.05, 0) is 41.1 Å². The number of anilines is 1. The van der Waals surface area contributed by atoms with Crippen molar-refractivity contribution in [2.75, 3.05) is 5.73 Å². The van der Waals surface area contributed by atoms with Crippen LogP contribution in [0.2, 0.25) is 0 Å². The molecule has 0 fully saturated rings. The summed E-state index contributed by atoms with van der Waals surface area (Å²) in [6.07, 6.45) is 1.52. The van der Waals surface area contributed by atoms with Gasteiger partial charge in [0.1, 0.15) is 17.5 Å². The molecule has 0 aliphatic rings. The lowest BCUT2D eigenvalue weighted by Crippen LogP contribution is -2.13. The second-order valence-electron chi connectivity index (χ2n) is 3.66. The maximum Gasteiger partial charge on any atom is 0.136 e. The average Bonchev–Trinajstić information content (AvgIpc) is 2.62. The predicted octanol–water partition coefficient (Wildman–Crippen LogP) is 3.12. The topological polar surface area (TPSA) is 43.8 Å². The van der Waals surface area contributed by atoms with Crippen LogP contribution in [0.3, 0.4) is 0 Å². The van der Waals surface area contributed by atoms with Gasteiger partial charge in [-0.25, -0.2) is 13.5 Å². The Hall–Kier alpha value is -1.43. The molecule has 2 N–H and O–H groups in total. The molecule has 2 aromatic rings. The molecule has 2 rings (SSSR count). The Labute approximate surface area is 105 Å². The fourth-order valence-electron chi connectivity index (χ4n) is 1.63. The van der Waals surface area contributed by atoms with Gasteiger partial charge in [-0.3, -0.25) is 0 Å². The number of nitrogens with two attached hydrogens (primary N) is 1. The summed E-state index contributed by atoms with van der Waals surface area (Å²) in [6.45, 7) is 1.70. The number of nitrogens with zero attached hydrogens (tertiary/aromatic N) is 2. The molecular formula is C11H10BrF2N3. The maximum absolute atomic E-state index is 13.6. The fraction of sp³-hybridized carbons (Fsp3) is 0.182. The van der Waals surface area contributed by atoms with Crippen LogP contribution >= 0.6 is 15.9 Å². The van der Waals surface area contributed by atoms with Crippen molar-refractivity contribution in [2.24, 2.45) is 0 Å². The van der Waals surface area contributed by atoms with E-state index in [9.17, 15) is 8.78 Å². The minimum atomic E-state index is -0.488. The summed E-state index contributed by atoms with van der Waals surface area (Å²) in [7, 11) is 0. The fourth-order valence-corrected chi connectivity index (χ4v) is 1.90. The van der Waals surface area contributed by atoms with Crippen LogP contribution < -0.4 is 5.73 Å². The van der Waals surface area contributed by atoms with Gasteiger partial charge in [0, 0.05) is 5.56 Å². The van der Waals surface area contributed by atoms with Crippen LogP contribution in [0.15, 0.2) is 28.9 Å². The van der Waals surface area contributed by atoms with Crippen molar-refractivity contribution in [1.82, 2.24) is 9.78 Å². The van der Waals surface area contributed by atoms with Gasteiger partial charge in [-0.15, -0.1) is 0 Å². The first-order chi connectivity index (χ1) is 8.00. The third-order valence-electron chi connectivity index (χ3n) is 2.56. The highest BCUT2D eigenvalue weighted by atomic mass is 79.9. The molecule has 1 unspecified atom stereocenters. The molecule has 1 atom stereocenters. The van der Waals surface area contributed by atoms with Crippen molar-refractivity contribution in [2.45, 2.75) is 13.0 Å². The van der Waals surface area contributed by atoms with Crippen LogP contribution in [-0.2, 0) is 0 Å². The number of hydrogen-bond acceptors (Lipinski definition) is 2. The van der Waals surface area contributed by atoms with Gasteiger partial charge in [-0.1, -0.05) is 0 Å². The third-order valence-corrected chi connectivity index (χ3v) is 3.17. The Balaban J connectivity index is 2.47. The van der Waals surface area contributed by atoms with Gasteiger partial charge < -0.3 is 5.73 Å². The minimum absolute atomic E-state index is 0.215. The van der Waals surface area contributed by atoms with Crippen molar-refractivity contribution in [3.8, 4) is 0 Å². The molecular weight excluding hydrogens is 292 g/mol. The van der Waals surface area contributed by atoms with Gasteiger partial charge in [0.05, 0.1) is 16.7 Å². The molecule has 0 saturated heterocycles.